The average molecular weight is 758 g/mol. The van der Waals surface area contributed by atoms with Crippen molar-refractivity contribution in [1.82, 2.24) is 9.13 Å². The third-order valence-electron chi connectivity index (χ3n) is 11.3. The summed E-state index contributed by atoms with van der Waals surface area (Å²) in [7, 11) is 0. The van der Waals surface area contributed by atoms with Crippen molar-refractivity contribution in [3.8, 4) is 33.6 Å². The molecule has 0 aliphatic heterocycles. The van der Waals surface area contributed by atoms with Crippen molar-refractivity contribution in [1.29, 1.82) is 0 Å². The molecule has 0 atom stereocenters. The fourth-order valence-electron chi connectivity index (χ4n) is 8.65. The Labute approximate surface area is 345 Å². The summed E-state index contributed by atoms with van der Waals surface area (Å²) in [5.74, 6) is 0. The first-order chi connectivity index (χ1) is 29.3. The van der Waals surface area contributed by atoms with Gasteiger partial charge in [-0.25, -0.2) is 0 Å². The van der Waals surface area contributed by atoms with E-state index in [9.17, 15) is 0 Å². The van der Waals surface area contributed by atoms with Gasteiger partial charge in [0.25, 0.3) is 0 Å². The lowest BCUT2D eigenvalue weighted by Gasteiger charge is -2.25. The highest BCUT2D eigenvalue weighted by Gasteiger charge is 2.18. The van der Waals surface area contributed by atoms with Gasteiger partial charge in [-0.05, 0) is 125 Å². The maximum absolute atomic E-state index is 2.40. The number of rotatable bonds is 7. The number of para-hydroxylation sites is 5. The van der Waals surface area contributed by atoms with Crippen molar-refractivity contribution >= 4 is 60.7 Å². The van der Waals surface area contributed by atoms with Crippen LogP contribution in [0.25, 0.3) is 77.2 Å². The highest BCUT2D eigenvalue weighted by molar-refractivity contribution is 6.13. The van der Waals surface area contributed by atoms with Crippen LogP contribution in [0, 0.1) is 0 Å². The van der Waals surface area contributed by atoms with Crippen LogP contribution in [0.5, 0.6) is 0 Å². The second-order valence-electron chi connectivity index (χ2n) is 14.6. The number of fused-ring (bicyclic) bond motifs is 6. The number of hydrogen-bond donors (Lipinski definition) is 0. The molecule has 59 heavy (non-hydrogen) atoms. The molecule has 0 aliphatic rings. The first-order valence-electron chi connectivity index (χ1n) is 20.5. The summed E-state index contributed by atoms with van der Waals surface area (Å²) in [4.78, 5) is 2.30. The van der Waals surface area contributed by atoms with E-state index in [2.05, 4.69) is 238 Å². The Morgan fingerprint density at radius 3 is 1.05 bits per heavy atom. The molecule has 0 saturated carbocycles. The Morgan fingerprint density at radius 1 is 0.271 bits per heavy atom. The number of aromatic nitrogens is 2. The summed E-state index contributed by atoms with van der Waals surface area (Å²) in [5, 5.41) is 4.97. The zero-order valence-corrected chi connectivity index (χ0v) is 33.2. The van der Waals surface area contributed by atoms with Gasteiger partial charge in [-0.1, -0.05) is 135 Å². The highest BCUT2D eigenvalue weighted by Crippen LogP contribution is 2.40. The predicted molar refractivity (Wildman–Crippen MR) is 252 cm³/mol. The molecule has 282 valence electrons. The molecular formula is C56H43N3. The highest BCUT2D eigenvalue weighted by atomic mass is 15.1. The Bertz CT molecular complexity index is 3160. The molecular weight excluding hydrogens is 715 g/mol. The van der Waals surface area contributed by atoms with Gasteiger partial charge in [0, 0.05) is 50.0 Å². The van der Waals surface area contributed by atoms with E-state index in [1.165, 1.54) is 71.6 Å². The third-order valence-corrected chi connectivity index (χ3v) is 11.3. The summed E-state index contributed by atoms with van der Waals surface area (Å²) in [6.07, 6.45) is 0. The zero-order valence-electron chi connectivity index (χ0n) is 33.2. The third kappa shape index (κ3) is 6.34. The summed E-state index contributed by atoms with van der Waals surface area (Å²) < 4.78 is 4.77. The van der Waals surface area contributed by atoms with Gasteiger partial charge in [0.15, 0.2) is 0 Å². The van der Waals surface area contributed by atoms with Gasteiger partial charge >= 0.3 is 0 Å². The van der Waals surface area contributed by atoms with E-state index in [-0.39, 0.29) is 0 Å². The van der Waals surface area contributed by atoms with Gasteiger partial charge in [0.2, 0.25) is 0 Å². The summed E-state index contributed by atoms with van der Waals surface area (Å²) in [6, 6.07) is 81.0. The first-order valence-corrected chi connectivity index (χ1v) is 20.5. The van der Waals surface area contributed by atoms with E-state index < -0.39 is 0 Å². The van der Waals surface area contributed by atoms with Crippen molar-refractivity contribution in [3.63, 3.8) is 0 Å². The van der Waals surface area contributed by atoms with Crippen LogP contribution in [-0.2, 0) is 0 Å². The molecule has 11 rings (SSSR count). The second-order valence-corrected chi connectivity index (χ2v) is 14.6. The van der Waals surface area contributed by atoms with Gasteiger partial charge in [-0.2, -0.15) is 0 Å². The van der Waals surface area contributed by atoms with Gasteiger partial charge in [0.1, 0.15) is 0 Å². The number of benzene rings is 9. The van der Waals surface area contributed by atoms with Crippen LogP contribution in [-0.4, -0.2) is 9.13 Å². The van der Waals surface area contributed by atoms with Crippen LogP contribution >= 0.6 is 0 Å². The molecule has 0 radical (unpaired) electrons. The lowest BCUT2D eigenvalue weighted by atomic mass is 9.99. The summed E-state index contributed by atoms with van der Waals surface area (Å²) in [6.45, 7) is 4.00. The minimum atomic E-state index is 1.12. The van der Waals surface area contributed by atoms with Crippen LogP contribution in [0.1, 0.15) is 13.8 Å². The normalized spacial score (nSPS) is 11.2. The largest absolute Gasteiger partial charge is 0.311 e. The van der Waals surface area contributed by atoms with E-state index in [4.69, 9.17) is 0 Å². The topological polar surface area (TPSA) is 13.1 Å². The zero-order chi connectivity index (χ0) is 39.7. The molecule has 0 N–H and O–H groups in total. The fraction of sp³-hybridized carbons (Fsp3) is 0.0357. The van der Waals surface area contributed by atoms with E-state index in [1.807, 2.05) is 13.8 Å². The predicted octanol–water partition coefficient (Wildman–Crippen LogP) is 15.7. The van der Waals surface area contributed by atoms with Gasteiger partial charge in [-0.15, -0.1) is 0 Å². The minimum Gasteiger partial charge on any atom is -0.311 e. The van der Waals surface area contributed by atoms with Crippen molar-refractivity contribution in [3.05, 3.63) is 224 Å². The molecule has 0 aliphatic carbocycles. The molecule has 3 nitrogen and oxygen atoms in total. The van der Waals surface area contributed by atoms with Crippen molar-refractivity contribution in [2.24, 2.45) is 0 Å². The molecule has 0 amide bonds. The molecule has 2 heterocycles. The molecule has 0 bridgehead atoms. The molecule has 2 aromatic heterocycles. The quantitative estimate of drug-likeness (QED) is 0.158. The Hall–Kier alpha value is -7.62. The van der Waals surface area contributed by atoms with Gasteiger partial charge in [0.05, 0.1) is 22.1 Å². The van der Waals surface area contributed by atoms with E-state index in [0.717, 1.165) is 22.7 Å². The Morgan fingerprint density at radius 2 is 0.593 bits per heavy atom. The van der Waals surface area contributed by atoms with Crippen molar-refractivity contribution in [2.45, 2.75) is 13.8 Å². The molecule has 0 spiro atoms. The van der Waals surface area contributed by atoms with E-state index in [0.29, 0.717) is 0 Å². The average Bonchev–Trinajstić information content (AvgIpc) is 3.83. The van der Waals surface area contributed by atoms with Crippen LogP contribution < -0.4 is 4.90 Å². The maximum atomic E-state index is 2.40. The first kappa shape index (κ1) is 35.8. The smallest absolute Gasteiger partial charge is 0.0541 e. The minimum absolute atomic E-state index is 1.12. The molecule has 3 heteroatoms. The van der Waals surface area contributed by atoms with Gasteiger partial charge in [-0.3, -0.25) is 0 Å². The standard InChI is InChI=1S/C54H37N3.C2H6/c1-5-15-42(16-6-1)55(43-17-7-2-8-18-43)46-30-25-38(26-31-46)39-27-32-53-49(35-39)50-37-41(29-34-54(50)57(53)45-21-11-4-12-22-45)40-28-33-52-48(36-40)47-23-13-14-24-51(47)56(52)44-19-9-3-10-20-44;1-2/h1-37H;1-2H3. The van der Waals surface area contributed by atoms with E-state index in [1.54, 1.807) is 0 Å². The molecule has 0 fully saturated rings. The van der Waals surface area contributed by atoms with Crippen molar-refractivity contribution in [2.75, 3.05) is 4.90 Å². The molecule has 11 aromatic rings. The van der Waals surface area contributed by atoms with E-state index >= 15 is 0 Å². The van der Waals surface area contributed by atoms with Crippen molar-refractivity contribution < 1.29 is 0 Å². The van der Waals surface area contributed by atoms with Crippen LogP contribution in [0.15, 0.2) is 224 Å². The van der Waals surface area contributed by atoms with Crippen LogP contribution in [0.4, 0.5) is 17.1 Å². The monoisotopic (exact) mass is 757 g/mol. The number of nitrogens with zero attached hydrogens (tertiary/aromatic N) is 3. The fourth-order valence-corrected chi connectivity index (χ4v) is 8.65. The van der Waals surface area contributed by atoms with Crippen LogP contribution in [0.3, 0.4) is 0 Å². The maximum Gasteiger partial charge on any atom is 0.0541 e. The Kier molecular flexibility index (Phi) is 9.32. The summed E-state index contributed by atoms with van der Waals surface area (Å²) >= 11 is 0. The lowest BCUT2D eigenvalue weighted by molar-refractivity contribution is 1.18. The lowest BCUT2D eigenvalue weighted by Crippen LogP contribution is -2.09. The molecule has 0 unspecified atom stereocenters. The second kappa shape index (κ2) is 15.4. The SMILES string of the molecule is CC.c1ccc(N(c2ccccc2)c2ccc(-c3ccc4c(c3)c3cc(-c5ccc6c(c5)c5ccccc5n6-c5ccccc5)ccc3n4-c3ccccc3)cc2)cc1. The van der Waals surface area contributed by atoms with Crippen LogP contribution in [0.2, 0.25) is 0 Å². The Balaban J connectivity index is 0.00000207. The molecule has 9 aromatic carbocycles. The summed E-state index contributed by atoms with van der Waals surface area (Å²) in [5.41, 5.74) is 15.3. The van der Waals surface area contributed by atoms with Gasteiger partial charge < -0.3 is 14.0 Å². The number of anilines is 3. The number of hydrogen-bond acceptors (Lipinski definition) is 1. The molecule has 0 saturated heterocycles.